The molecular formula is C27H34FN3O3. The van der Waals surface area contributed by atoms with Crippen LogP contribution in [0.5, 0.6) is 0 Å². The molecule has 6 nitrogen and oxygen atoms in total. The number of hydrogen-bond donors (Lipinski definition) is 1. The summed E-state index contributed by atoms with van der Waals surface area (Å²) in [5.41, 5.74) is 3.94. The van der Waals surface area contributed by atoms with Crippen molar-refractivity contribution < 1.29 is 18.7 Å². The number of likely N-dealkylation sites (tertiary alicyclic amines) is 1. The zero-order chi connectivity index (χ0) is 24.1. The average Bonchev–Trinajstić information content (AvgIpc) is 3.31. The number of aromatic nitrogens is 2. The number of unbranched alkanes of at least 4 members (excludes halogenated alkanes) is 1. The fourth-order valence-corrected chi connectivity index (χ4v) is 4.77. The fourth-order valence-electron chi connectivity index (χ4n) is 4.77. The molecule has 2 aromatic carbocycles. The van der Waals surface area contributed by atoms with E-state index in [-0.39, 0.29) is 23.4 Å². The number of hydrogen-bond acceptors (Lipinski definition) is 4. The largest absolute Gasteiger partial charge is 0.449 e. The van der Waals surface area contributed by atoms with Crippen LogP contribution < -0.4 is 0 Å². The van der Waals surface area contributed by atoms with Gasteiger partial charge in [-0.25, -0.2) is 9.18 Å². The molecule has 1 fully saturated rings. The molecule has 1 aromatic heterocycles. The van der Waals surface area contributed by atoms with E-state index in [4.69, 9.17) is 9.47 Å². The Bertz CT molecular complexity index is 1100. The van der Waals surface area contributed by atoms with Gasteiger partial charge in [0.15, 0.2) is 0 Å². The molecule has 3 aromatic rings. The zero-order valence-corrected chi connectivity index (χ0v) is 20.3. The lowest BCUT2D eigenvalue weighted by Gasteiger charge is -2.42. The van der Waals surface area contributed by atoms with Crippen molar-refractivity contribution in [2.24, 2.45) is 0 Å². The number of H-pyrrole nitrogens is 1. The third-order valence-corrected chi connectivity index (χ3v) is 6.93. The molecule has 4 rings (SSSR count). The summed E-state index contributed by atoms with van der Waals surface area (Å²) in [6.07, 6.45) is 4.72. The summed E-state index contributed by atoms with van der Waals surface area (Å²) in [6.45, 7) is 8.27. The Kier molecular flexibility index (Phi) is 7.51. The van der Waals surface area contributed by atoms with Crippen LogP contribution in [0.4, 0.5) is 9.18 Å². The van der Waals surface area contributed by atoms with Crippen LogP contribution in [0, 0.1) is 12.7 Å². The Morgan fingerprint density at radius 3 is 2.68 bits per heavy atom. The summed E-state index contributed by atoms with van der Waals surface area (Å²) in [5, 5.41) is 8.35. The van der Waals surface area contributed by atoms with Crippen molar-refractivity contribution in [3.05, 3.63) is 65.1 Å². The van der Waals surface area contributed by atoms with Crippen LogP contribution in [0.25, 0.3) is 10.9 Å². The number of nitrogens with zero attached hydrogens (tertiary/aromatic N) is 2. The minimum absolute atomic E-state index is 0.155. The molecule has 0 aliphatic carbocycles. The van der Waals surface area contributed by atoms with Gasteiger partial charge in [-0.1, -0.05) is 31.5 Å². The summed E-state index contributed by atoms with van der Waals surface area (Å²) in [7, 11) is 0. The Labute approximate surface area is 200 Å². The minimum atomic E-state index is -0.306. The van der Waals surface area contributed by atoms with Gasteiger partial charge in [-0.2, -0.15) is 5.10 Å². The number of carbonyl (C=O) groups is 1. The Hall–Kier alpha value is -2.93. The number of fused-ring (bicyclic) bond motifs is 1. The predicted octanol–water partition coefficient (Wildman–Crippen LogP) is 6.06. The van der Waals surface area contributed by atoms with E-state index in [0.29, 0.717) is 26.3 Å². The second-order valence-corrected chi connectivity index (χ2v) is 9.38. The molecule has 7 heteroatoms. The highest BCUT2D eigenvalue weighted by atomic mass is 19.1. The number of aromatic amines is 1. The lowest BCUT2D eigenvalue weighted by molar-refractivity contribution is 0.00301. The molecule has 1 saturated heterocycles. The van der Waals surface area contributed by atoms with E-state index in [1.807, 2.05) is 25.3 Å². The van der Waals surface area contributed by atoms with Gasteiger partial charge in [-0.3, -0.25) is 5.10 Å². The van der Waals surface area contributed by atoms with Crippen LogP contribution in [0.1, 0.15) is 62.3 Å². The van der Waals surface area contributed by atoms with Gasteiger partial charge < -0.3 is 14.4 Å². The van der Waals surface area contributed by atoms with Crippen molar-refractivity contribution in [2.45, 2.75) is 58.0 Å². The van der Waals surface area contributed by atoms with Gasteiger partial charge in [0.25, 0.3) is 0 Å². The smallest absolute Gasteiger partial charge is 0.409 e. The number of piperidine rings is 1. The van der Waals surface area contributed by atoms with Crippen molar-refractivity contribution in [2.75, 3.05) is 26.3 Å². The van der Waals surface area contributed by atoms with Crippen molar-refractivity contribution >= 4 is 17.0 Å². The number of rotatable bonds is 8. The van der Waals surface area contributed by atoms with Gasteiger partial charge in [0.2, 0.25) is 0 Å². The number of aryl methyl sites for hydroxylation is 1. The molecule has 0 saturated carbocycles. The lowest BCUT2D eigenvalue weighted by Crippen LogP contribution is -2.47. The maximum Gasteiger partial charge on any atom is 0.409 e. The SMILES string of the molecule is CCCCOC(=O)N1CCC(COC(C)c2cc(C)cc3cn[nH]c23)(c2ccc(F)cc2)CC1. The maximum absolute atomic E-state index is 13.7. The Balaban J connectivity index is 1.50. The quantitative estimate of drug-likeness (QED) is 0.409. The molecule has 34 heavy (non-hydrogen) atoms. The van der Waals surface area contributed by atoms with E-state index >= 15 is 0 Å². The van der Waals surface area contributed by atoms with E-state index < -0.39 is 0 Å². The third-order valence-electron chi connectivity index (χ3n) is 6.93. The number of nitrogens with one attached hydrogen (secondary N) is 1. The van der Waals surface area contributed by atoms with E-state index in [9.17, 15) is 9.18 Å². The molecule has 1 aliphatic rings. The molecule has 1 amide bonds. The summed E-state index contributed by atoms with van der Waals surface area (Å²) < 4.78 is 25.6. The van der Waals surface area contributed by atoms with Gasteiger partial charge in [0.05, 0.1) is 31.0 Å². The molecule has 1 aliphatic heterocycles. The number of ether oxygens (including phenoxy) is 2. The van der Waals surface area contributed by atoms with Crippen LogP contribution in [-0.4, -0.2) is 47.5 Å². The second-order valence-electron chi connectivity index (χ2n) is 9.38. The molecule has 0 spiro atoms. The van der Waals surface area contributed by atoms with Crippen LogP contribution in [0.3, 0.4) is 0 Å². The van der Waals surface area contributed by atoms with E-state index in [1.54, 1.807) is 4.90 Å². The first-order chi connectivity index (χ1) is 16.4. The summed E-state index contributed by atoms with van der Waals surface area (Å²) >= 11 is 0. The van der Waals surface area contributed by atoms with Crippen LogP contribution in [-0.2, 0) is 14.9 Å². The number of halogens is 1. The van der Waals surface area contributed by atoms with Crippen LogP contribution in [0.2, 0.25) is 0 Å². The highest BCUT2D eigenvalue weighted by Crippen LogP contribution is 2.38. The lowest BCUT2D eigenvalue weighted by atomic mass is 9.73. The van der Waals surface area contributed by atoms with Crippen molar-refractivity contribution in [1.29, 1.82) is 0 Å². The van der Waals surface area contributed by atoms with Gasteiger partial charge >= 0.3 is 6.09 Å². The number of amides is 1. The van der Waals surface area contributed by atoms with E-state index in [0.717, 1.165) is 53.3 Å². The molecule has 1 unspecified atom stereocenters. The summed E-state index contributed by atoms with van der Waals surface area (Å²) in [5.74, 6) is -0.258. The third kappa shape index (κ3) is 5.25. The van der Waals surface area contributed by atoms with Crippen LogP contribution >= 0.6 is 0 Å². The van der Waals surface area contributed by atoms with Gasteiger partial charge in [0, 0.05) is 29.5 Å². The minimum Gasteiger partial charge on any atom is -0.449 e. The summed E-state index contributed by atoms with van der Waals surface area (Å²) in [4.78, 5) is 14.2. The van der Waals surface area contributed by atoms with Crippen LogP contribution in [0.15, 0.2) is 42.6 Å². The molecule has 1 atom stereocenters. The monoisotopic (exact) mass is 467 g/mol. The second kappa shape index (κ2) is 10.6. The molecule has 182 valence electrons. The molecule has 2 heterocycles. The first-order valence-electron chi connectivity index (χ1n) is 12.1. The molecule has 0 radical (unpaired) electrons. The maximum atomic E-state index is 13.7. The number of benzene rings is 2. The Morgan fingerprint density at radius 2 is 1.97 bits per heavy atom. The topological polar surface area (TPSA) is 67.4 Å². The normalized spacial score (nSPS) is 16.5. The van der Waals surface area contributed by atoms with Crippen molar-refractivity contribution in [3.8, 4) is 0 Å². The zero-order valence-electron chi connectivity index (χ0n) is 20.3. The first kappa shape index (κ1) is 24.2. The molecule has 1 N–H and O–H groups in total. The molecule has 0 bridgehead atoms. The molecular weight excluding hydrogens is 433 g/mol. The van der Waals surface area contributed by atoms with Gasteiger partial charge in [0.1, 0.15) is 5.82 Å². The number of carbonyl (C=O) groups excluding carboxylic acids is 1. The summed E-state index contributed by atoms with van der Waals surface area (Å²) in [6, 6.07) is 10.9. The van der Waals surface area contributed by atoms with Crippen molar-refractivity contribution in [3.63, 3.8) is 0 Å². The average molecular weight is 468 g/mol. The van der Waals surface area contributed by atoms with E-state index in [2.05, 4.69) is 36.2 Å². The standard InChI is InChI=1S/C27H34FN3O3/c1-4-5-14-33-26(32)31-12-10-27(11-13-31,22-6-8-23(28)9-7-22)18-34-20(3)24-16-19(2)15-21-17-29-30-25(21)24/h6-9,15-17,20H,4-5,10-14,18H2,1-3H3,(H,29,30). The van der Waals surface area contributed by atoms with E-state index in [1.165, 1.54) is 12.1 Å². The van der Waals surface area contributed by atoms with Gasteiger partial charge in [-0.15, -0.1) is 0 Å². The highest BCUT2D eigenvalue weighted by molar-refractivity contribution is 5.82. The first-order valence-corrected chi connectivity index (χ1v) is 12.1. The highest BCUT2D eigenvalue weighted by Gasteiger charge is 2.39. The van der Waals surface area contributed by atoms with Crippen molar-refractivity contribution in [1.82, 2.24) is 15.1 Å². The van der Waals surface area contributed by atoms with Gasteiger partial charge in [-0.05, 0) is 62.4 Å². The Morgan fingerprint density at radius 1 is 1.24 bits per heavy atom. The predicted molar refractivity (Wildman–Crippen MR) is 130 cm³/mol. The fraction of sp³-hybridized carbons (Fsp3) is 0.481.